The Morgan fingerprint density at radius 1 is 1.31 bits per heavy atom. The number of fused-ring (bicyclic) bond motifs is 2. The fraction of sp³-hybridized carbons (Fsp3) is 0.476. The molecule has 11 heteroatoms. The van der Waals surface area contributed by atoms with E-state index in [0.29, 0.717) is 21.3 Å². The van der Waals surface area contributed by atoms with Crippen molar-refractivity contribution in [1.82, 2.24) is 29.6 Å². The number of benzene rings is 1. The Labute approximate surface area is 188 Å². The predicted molar refractivity (Wildman–Crippen MR) is 120 cm³/mol. The van der Waals surface area contributed by atoms with Crippen LogP contribution < -0.4 is 10.6 Å². The van der Waals surface area contributed by atoms with Crippen LogP contribution >= 0.6 is 11.3 Å². The first-order valence-corrected chi connectivity index (χ1v) is 11.2. The van der Waals surface area contributed by atoms with Crippen molar-refractivity contribution >= 4 is 16.5 Å². The molecule has 0 unspecified atom stereocenters. The molecule has 1 saturated heterocycles. The number of hydrogen-bond donors (Lipinski definition) is 1. The van der Waals surface area contributed by atoms with Gasteiger partial charge in [-0.1, -0.05) is 17.4 Å². The van der Waals surface area contributed by atoms with Gasteiger partial charge in [-0.2, -0.15) is 4.98 Å². The summed E-state index contributed by atoms with van der Waals surface area (Å²) in [6.45, 7) is 2.85. The van der Waals surface area contributed by atoms with Crippen molar-refractivity contribution < 1.29 is 9.50 Å². The highest BCUT2D eigenvalue weighted by atomic mass is 32.1. The molecule has 2 bridgehead atoms. The van der Waals surface area contributed by atoms with Crippen molar-refractivity contribution in [3.63, 3.8) is 0 Å². The molecule has 0 spiro atoms. The minimum Gasteiger partial charge on any atom is -0.507 e. The van der Waals surface area contributed by atoms with Crippen LogP contribution in [0.25, 0.3) is 22.0 Å². The SMILES string of the molecule is CN(c1nnc(-c2ccc(-c3ncn(C)c(=O)n3)cc2O)s1)[C@@H]1[C@H]2CN(C)[C@](C)(C2)[C@@H]1F. The van der Waals surface area contributed by atoms with Crippen LogP contribution in [-0.2, 0) is 7.05 Å². The van der Waals surface area contributed by atoms with Crippen LogP contribution in [0.5, 0.6) is 5.75 Å². The molecule has 168 valence electrons. The Balaban J connectivity index is 1.40. The van der Waals surface area contributed by atoms with Crippen LogP contribution in [0.2, 0.25) is 0 Å². The van der Waals surface area contributed by atoms with E-state index in [-0.39, 0.29) is 23.5 Å². The molecule has 1 N–H and O–H groups in total. The smallest absolute Gasteiger partial charge is 0.350 e. The van der Waals surface area contributed by atoms with Crippen LogP contribution in [0.15, 0.2) is 29.3 Å². The lowest BCUT2D eigenvalue weighted by molar-refractivity contribution is 0.0573. The summed E-state index contributed by atoms with van der Waals surface area (Å²) in [5, 5.41) is 20.3. The van der Waals surface area contributed by atoms with Gasteiger partial charge in [0.15, 0.2) is 10.8 Å². The van der Waals surface area contributed by atoms with E-state index < -0.39 is 17.4 Å². The fourth-order valence-corrected chi connectivity index (χ4v) is 5.84. The van der Waals surface area contributed by atoms with Crippen molar-refractivity contribution in [3.05, 3.63) is 35.0 Å². The highest BCUT2D eigenvalue weighted by molar-refractivity contribution is 7.18. The largest absolute Gasteiger partial charge is 0.507 e. The quantitative estimate of drug-likeness (QED) is 0.635. The molecular formula is C21H24FN7O2S. The Morgan fingerprint density at radius 3 is 2.75 bits per heavy atom. The summed E-state index contributed by atoms with van der Waals surface area (Å²) in [6, 6.07) is 4.67. The Morgan fingerprint density at radius 2 is 2.09 bits per heavy atom. The summed E-state index contributed by atoms with van der Waals surface area (Å²) in [7, 11) is 5.41. The lowest BCUT2D eigenvalue weighted by Crippen LogP contribution is -2.57. The third kappa shape index (κ3) is 3.10. The van der Waals surface area contributed by atoms with E-state index in [1.165, 1.54) is 28.3 Å². The molecule has 5 rings (SSSR count). The second-order valence-corrected chi connectivity index (χ2v) is 9.86. The van der Waals surface area contributed by atoms with Crippen LogP contribution in [-0.4, -0.2) is 73.1 Å². The van der Waals surface area contributed by atoms with Gasteiger partial charge in [0.25, 0.3) is 0 Å². The molecule has 3 heterocycles. The zero-order valence-electron chi connectivity index (χ0n) is 18.2. The minimum absolute atomic E-state index is 0.0189. The number of hydrogen-bond acceptors (Lipinski definition) is 9. The summed E-state index contributed by atoms with van der Waals surface area (Å²) in [6.07, 6.45) is 1.24. The monoisotopic (exact) mass is 457 g/mol. The molecule has 2 aliphatic rings. The second kappa shape index (κ2) is 7.31. The van der Waals surface area contributed by atoms with Crippen molar-refractivity contribution in [3.8, 4) is 27.7 Å². The molecular weight excluding hydrogens is 433 g/mol. The zero-order chi connectivity index (χ0) is 22.8. The number of aromatic nitrogens is 5. The van der Waals surface area contributed by atoms with Crippen LogP contribution in [0, 0.1) is 5.92 Å². The van der Waals surface area contributed by atoms with E-state index in [9.17, 15) is 9.90 Å². The van der Waals surface area contributed by atoms with E-state index in [1.807, 2.05) is 25.9 Å². The third-order valence-corrected chi connectivity index (χ3v) is 7.99. The van der Waals surface area contributed by atoms with Crippen molar-refractivity contribution in [2.24, 2.45) is 13.0 Å². The van der Waals surface area contributed by atoms with Gasteiger partial charge in [-0.25, -0.2) is 14.2 Å². The zero-order valence-corrected chi connectivity index (χ0v) is 19.0. The summed E-state index contributed by atoms with van der Waals surface area (Å²) in [4.78, 5) is 23.8. The number of rotatable bonds is 4. The number of likely N-dealkylation sites (tertiary alicyclic amines) is 1. The molecule has 2 aromatic heterocycles. The van der Waals surface area contributed by atoms with Gasteiger partial charge < -0.3 is 10.0 Å². The molecule has 0 radical (unpaired) electrons. The van der Waals surface area contributed by atoms with Gasteiger partial charge in [0, 0.05) is 26.2 Å². The molecule has 1 aromatic carbocycles. The molecule has 4 atom stereocenters. The van der Waals surface area contributed by atoms with Gasteiger partial charge in [0.05, 0.1) is 17.1 Å². The topological polar surface area (TPSA) is 100 Å². The maximum absolute atomic E-state index is 15.3. The average Bonchev–Trinajstić information content (AvgIpc) is 3.41. The third-order valence-electron chi connectivity index (χ3n) is 6.94. The summed E-state index contributed by atoms with van der Waals surface area (Å²) in [5.41, 5.74) is 0.157. The summed E-state index contributed by atoms with van der Waals surface area (Å²) >= 11 is 1.31. The normalized spacial score (nSPS) is 27.2. The Kier molecular flexibility index (Phi) is 4.79. The lowest BCUT2D eigenvalue weighted by Gasteiger charge is -2.42. The first-order valence-electron chi connectivity index (χ1n) is 10.3. The van der Waals surface area contributed by atoms with Crippen molar-refractivity contribution in [2.75, 3.05) is 25.5 Å². The van der Waals surface area contributed by atoms with Gasteiger partial charge >= 0.3 is 5.69 Å². The maximum atomic E-state index is 15.3. The van der Waals surface area contributed by atoms with Crippen molar-refractivity contribution in [1.29, 1.82) is 0 Å². The number of phenolic OH excluding ortho intramolecular Hbond substituents is 1. The predicted octanol–water partition coefficient (Wildman–Crippen LogP) is 1.93. The Hall–Kier alpha value is -2.92. The Bertz CT molecular complexity index is 1250. The first kappa shape index (κ1) is 21.0. The molecule has 3 aromatic rings. The highest BCUT2D eigenvalue weighted by Gasteiger charge is 2.60. The van der Waals surface area contributed by atoms with E-state index in [2.05, 4.69) is 25.1 Å². The molecule has 1 aliphatic heterocycles. The first-order chi connectivity index (χ1) is 15.2. The molecule has 9 nitrogen and oxygen atoms in total. The van der Waals surface area contributed by atoms with Crippen LogP contribution in [0.4, 0.5) is 9.52 Å². The standard InChI is InChI=1S/C21H24FN7O2S/c1-21-8-12(9-28(21)3)15(16(21)22)29(4)20-26-25-18(32-20)13-6-5-11(7-14(13)30)17-23-10-27(2)19(31)24-17/h5-7,10,12,15-16,30H,8-9H2,1-4H3/t12-,15-,16-,21-/m1/s1. The molecule has 0 amide bonds. The maximum Gasteiger partial charge on any atom is 0.350 e. The average molecular weight is 458 g/mol. The lowest BCUT2D eigenvalue weighted by atomic mass is 9.95. The number of alkyl halides is 1. The van der Waals surface area contributed by atoms with Gasteiger partial charge in [0.1, 0.15) is 18.2 Å². The number of nitrogens with zero attached hydrogens (tertiary/aromatic N) is 7. The van der Waals surface area contributed by atoms with Crippen LogP contribution in [0.3, 0.4) is 0 Å². The number of halogens is 1. The molecule has 32 heavy (non-hydrogen) atoms. The van der Waals surface area contributed by atoms with E-state index in [4.69, 9.17) is 0 Å². The summed E-state index contributed by atoms with van der Waals surface area (Å²) < 4.78 is 16.6. The van der Waals surface area contributed by atoms with Crippen molar-refractivity contribution in [2.45, 2.75) is 31.1 Å². The van der Waals surface area contributed by atoms with E-state index >= 15 is 4.39 Å². The van der Waals surface area contributed by atoms with Gasteiger partial charge in [-0.15, -0.1) is 10.2 Å². The fourth-order valence-electron chi connectivity index (χ4n) is 4.96. The van der Waals surface area contributed by atoms with Gasteiger partial charge in [0.2, 0.25) is 5.13 Å². The second-order valence-electron chi connectivity index (χ2n) is 8.90. The molecule has 1 aliphatic carbocycles. The highest BCUT2D eigenvalue weighted by Crippen LogP contribution is 2.50. The number of anilines is 1. The number of aryl methyl sites for hydroxylation is 1. The number of phenols is 1. The number of piperidine rings is 1. The molecule has 1 saturated carbocycles. The van der Waals surface area contributed by atoms with E-state index in [0.717, 1.165) is 13.0 Å². The van der Waals surface area contributed by atoms with Crippen LogP contribution in [0.1, 0.15) is 13.3 Å². The molecule has 2 fully saturated rings. The van der Waals surface area contributed by atoms with Gasteiger partial charge in [-0.05, 0) is 38.4 Å². The summed E-state index contributed by atoms with van der Waals surface area (Å²) in [5.74, 6) is 0.453. The number of aromatic hydroxyl groups is 1. The van der Waals surface area contributed by atoms with Gasteiger partial charge in [-0.3, -0.25) is 9.47 Å². The van der Waals surface area contributed by atoms with E-state index in [1.54, 1.807) is 19.2 Å². The minimum atomic E-state index is -0.977.